The molecular weight excluding hydrogens is 480 g/mol. The van der Waals surface area contributed by atoms with Crippen LogP contribution in [0.4, 0.5) is 11.6 Å². The molecule has 1 heterocycles. The fourth-order valence-corrected chi connectivity index (χ4v) is 4.01. The first-order valence-corrected chi connectivity index (χ1v) is 12.5. The Balaban J connectivity index is 1.48. The maximum atomic E-state index is 12.5. The number of aromatic amines is 1. The van der Waals surface area contributed by atoms with Gasteiger partial charge in [-0.25, -0.2) is 4.98 Å². The van der Waals surface area contributed by atoms with Crippen molar-refractivity contribution in [2.45, 2.75) is 51.4 Å². The highest BCUT2D eigenvalue weighted by Crippen LogP contribution is 2.15. The Labute approximate surface area is 203 Å². The highest BCUT2D eigenvalue weighted by atomic mass is 79.9. The van der Waals surface area contributed by atoms with E-state index in [4.69, 9.17) is 5.73 Å². The molecule has 0 saturated heterocycles. The molecule has 7 heteroatoms. The van der Waals surface area contributed by atoms with Crippen LogP contribution in [0.3, 0.4) is 0 Å². The molecule has 0 radical (unpaired) electrons. The highest BCUT2D eigenvalue weighted by Gasteiger charge is 2.11. The van der Waals surface area contributed by atoms with E-state index < -0.39 is 0 Å². The fourth-order valence-electron chi connectivity index (χ4n) is 3.87. The summed E-state index contributed by atoms with van der Waals surface area (Å²) in [5, 5.41) is 3.10. The van der Waals surface area contributed by atoms with Gasteiger partial charge in [0.05, 0.1) is 11.0 Å². The summed E-state index contributed by atoms with van der Waals surface area (Å²) >= 11 is 3.14. The summed E-state index contributed by atoms with van der Waals surface area (Å²) in [6.07, 6.45) is 7.26. The zero-order valence-corrected chi connectivity index (χ0v) is 20.4. The zero-order chi connectivity index (χ0) is 23.5. The van der Waals surface area contributed by atoms with E-state index in [1.807, 2.05) is 30.3 Å². The number of aryl methyl sites for hydroxylation is 3. The van der Waals surface area contributed by atoms with E-state index in [-0.39, 0.29) is 22.7 Å². The number of nitrogen functional groups attached to an aromatic ring is 1. The summed E-state index contributed by atoms with van der Waals surface area (Å²) in [5.74, 6) is 0.118. The van der Waals surface area contributed by atoms with Gasteiger partial charge in [0.25, 0.3) is 5.56 Å². The van der Waals surface area contributed by atoms with Crippen LogP contribution in [0.25, 0.3) is 0 Å². The standard InChI is InChI=1S/C26H31BrN4O2/c27-18-24(32)29-21-16-14-20(15-17-21)11-5-7-13-23-22(25(33)31-26(28)30-23)12-6-4-10-19-8-2-1-3-9-19/h1-3,8-9,14-17H,4-7,10-13,18H2,(H,29,32)(H3,28,30,31,33). The topological polar surface area (TPSA) is 101 Å². The van der Waals surface area contributed by atoms with Crippen molar-refractivity contribution in [3.63, 3.8) is 0 Å². The molecule has 0 aliphatic heterocycles. The summed E-state index contributed by atoms with van der Waals surface area (Å²) < 4.78 is 0. The van der Waals surface area contributed by atoms with Crippen LogP contribution in [0, 0.1) is 0 Å². The van der Waals surface area contributed by atoms with Gasteiger partial charge in [-0.3, -0.25) is 14.6 Å². The molecule has 3 aromatic rings. The molecule has 1 aromatic heterocycles. The first kappa shape index (κ1) is 24.7. The van der Waals surface area contributed by atoms with Gasteiger partial charge in [0, 0.05) is 11.3 Å². The fraction of sp³-hybridized carbons (Fsp3) is 0.346. The van der Waals surface area contributed by atoms with Crippen molar-refractivity contribution in [2.24, 2.45) is 0 Å². The van der Waals surface area contributed by atoms with Gasteiger partial charge in [0.1, 0.15) is 0 Å². The first-order valence-electron chi connectivity index (χ1n) is 11.4. The maximum Gasteiger partial charge on any atom is 0.255 e. The number of nitrogens with zero attached hydrogens (tertiary/aromatic N) is 1. The Morgan fingerprint density at radius 3 is 2.15 bits per heavy atom. The van der Waals surface area contributed by atoms with Crippen LogP contribution in [0.5, 0.6) is 0 Å². The molecule has 174 valence electrons. The smallest absolute Gasteiger partial charge is 0.255 e. The number of carbonyl (C=O) groups excluding carboxylic acids is 1. The third kappa shape index (κ3) is 8.17. The summed E-state index contributed by atoms with van der Waals surface area (Å²) in [4.78, 5) is 31.0. The second-order valence-electron chi connectivity index (χ2n) is 8.15. The number of benzene rings is 2. The second kappa shape index (κ2) is 12.9. The van der Waals surface area contributed by atoms with Gasteiger partial charge in [0.15, 0.2) is 0 Å². The quantitative estimate of drug-likeness (QED) is 0.240. The van der Waals surface area contributed by atoms with Gasteiger partial charge in [-0.15, -0.1) is 0 Å². The monoisotopic (exact) mass is 510 g/mol. The molecule has 2 aromatic carbocycles. The average Bonchev–Trinajstić information content (AvgIpc) is 2.82. The number of H-pyrrole nitrogens is 1. The third-order valence-corrected chi connectivity index (χ3v) is 6.10. The minimum absolute atomic E-state index is 0.0664. The summed E-state index contributed by atoms with van der Waals surface area (Å²) in [5.41, 5.74) is 10.6. The van der Waals surface area contributed by atoms with Crippen LogP contribution in [-0.2, 0) is 30.5 Å². The summed E-state index contributed by atoms with van der Waals surface area (Å²) in [6, 6.07) is 18.3. The van der Waals surface area contributed by atoms with E-state index in [1.54, 1.807) is 0 Å². The lowest BCUT2D eigenvalue weighted by molar-refractivity contribution is -0.113. The zero-order valence-electron chi connectivity index (χ0n) is 18.8. The molecule has 3 rings (SSSR count). The Morgan fingerprint density at radius 2 is 1.48 bits per heavy atom. The number of carbonyl (C=O) groups is 1. The number of aromatic nitrogens is 2. The van der Waals surface area contributed by atoms with E-state index in [2.05, 4.69) is 55.5 Å². The highest BCUT2D eigenvalue weighted by molar-refractivity contribution is 9.09. The minimum atomic E-state index is -0.113. The molecule has 0 aliphatic rings. The molecule has 0 unspecified atom stereocenters. The van der Waals surface area contributed by atoms with Crippen LogP contribution in [0.1, 0.15) is 48.1 Å². The molecule has 0 aliphatic carbocycles. The van der Waals surface area contributed by atoms with Crippen molar-refractivity contribution < 1.29 is 4.79 Å². The number of halogens is 1. The van der Waals surface area contributed by atoms with Gasteiger partial charge < -0.3 is 11.1 Å². The third-order valence-electron chi connectivity index (χ3n) is 5.59. The Hall–Kier alpha value is -2.93. The number of anilines is 2. The number of alkyl halides is 1. The molecule has 6 nitrogen and oxygen atoms in total. The van der Waals surface area contributed by atoms with Crippen LogP contribution in [-0.4, -0.2) is 21.2 Å². The Morgan fingerprint density at radius 1 is 0.879 bits per heavy atom. The number of rotatable bonds is 12. The lowest BCUT2D eigenvalue weighted by atomic mass is 10.0. The first-order chi connectivity index (χ1) is 16.0. The lowest BCUT2D eigenvalue weighted by Gasteiger charge is -2.09. The van der Waals surface area contributed by atoms with Gasteiger partial charge in [-0.05, 0) is 74.6 Å². The predicted molar refractivity (Wildman–Crippen MR) is 138 cm³/mol. The molecule has 0 bridgehead atoms. The molecule has 0 atom stereocenters. The normalized spacial score (nSPS) is 10.8. The molecule has 33 heavy (non-hydrogen) atoms. The van der Waals surface area contributed by atoms with Crippen molar-refractivity contribution in [2.75, 3.05) is 16.4 Å². The Kier molecular flexibility index (Phi) is 9.69. The predicted octanol–water partition coefficient (Wildman–Crippen LogP) is 4.82. The number of unbranched alkanes of at least 4 members (excludes halogenated alkanes) is 2. The van der Waals surface area contributed by atoms with Crippen LogP contribution in [0.2, 0.25) is 0 Å². The van der Waals surface area contributed by atoms with Gasteiger partial charge >= 0.3 is 0 Å². The molecule has 0 spiro atoms. The maximum absolute atomic E-state index is 12.5. The molecule has 0 fully saturated rings. The lowest BCUT2D eigenvalue weighted by Crippen LogP contribution is -2.20. The average molecular weight is 511 g/mol. The van der Waals surface area contributed by atoms with E-state index in [9.17, 15) is 9.59 Å². The number of nitrogens with two attached hydrogens (primary N) is 1. The molecule has 1 amide bonds. The second-order valence-corrected chi connectivity index (χ2v) is 8.72. The van der Waals surface area contributed by atoms with E-state index in [0.717, 1.165) is 61.9 Å². The number of nitrogens with one attached hydrogen (secondary N) is 2. The van der Waals surface area contributed by atoms with Crippen LogP contribution < -0.4 is 16.6 Å². The van der Waals surface area contributed by atoms with Crippen molar-refractivity contribution in [3.05, 3.63) is 87.3 Å². The molecular formula is C26H31BrN4O2. The number of amides is 1. The summed E-state index contributed by atoms with van der Waals surface area (Å²) in [7, 11) is 0. The van der Waals surface area contributed by atoms with E-state index in [0.29, 0.717) is 6.42 Å². The van der Waals surface area contributed by atoms with E-state index >= 15 is 0 Å². The SMILES string of the molecule is Nc1nc(CCCCc2ccc(NC(=O)CBr)cc2)c(CCCCc2ccccc2)c(=O)[nH]1. The van der Waals surface area contributed by atoms with Crippen molar-refractivity contribution in [3.8, 4) is 0 Å². The van der Waals surface area contributed by atoms with E-state index in [1.165, 1.54) is 11.1 Å². The van der Waals surface area contributed by atoms with Crippen molar-refractivity contribution in [1.29, 1.82) is 0 Å². The molecule has 0 saturated carbocycles. The van der Waals surface area contributed by atoms with Crippen LogP contribution in [0.15, 0.2) is 59.4 Å². The number of hydrogen-bond donors (Lipinski definition) is 3. The van der Waals surface area contributed by atoms with Gasteiger partial charge in [0.2, 0.25) is 11.9 Å². The van der Waals surface area contributed by atoms with Crippen molar-refractivity contribution >= 4 is 33.5 Å². The van der Waals surface area contributed by atoms with Gasteiger partial charge in [-0.1, -0.05) is 58.4 Å². The minimum Gasteiger partial charge on any atom is -0.369 e. The number of hydrogen-bond acceptors (Lipinski definition) is 4. The van der Waals surface area contributed by atoms with Crippen molar-refractivity contribution in [1.82, 2.24) is 9.97 Å². The molecule has 4 N–H and O–H groups in total. The van der Waals surface area contributed by atoms with Gasteiger partial charge in [-0.2, -0.15) is 0 Å². The summed E-state index contributed by atoms with van der Waals surface area (Å²) in [6.45, 7) is 0. The largest absolute Gasteiger partial charge is 0.369 e. The van der Waals surface area contributed by atoms with Crippen LogP contribution >= 0.6 is 15.9 Å². The Bertz CT molecular complexity index is 1080.